The second-order valence-electron chi connectivity index (χ2n) is 13.4. The SMILES string of the molecule is C=C/C=C(\C=C)N(c1ccc(COc2ccccc2N=C)cc1)c1ccc(-c2ccc(N(C(/C=C\C)=C/C)c3ccc(-c4nc5c(o4)C=CCC5)cc3)cc2)cc1.CC. The summed E-state index contributed by atoms with van der Waals surface area (Å²) in [6.45, 7) is 20.2. The molecule has 6 heteroatoms. The summed E-state index contributed by atoms with van der Waals surface area (Å²) in [4.78, 5) is 13.3. The van der Waals surface area contributed by atoms with Crippen molar-refractivity contribution >= 4 is 41.2 Å². The van der Waals surface area contributed by atoms with Crippen LogP contribution in [-0.2, 0) is 13.0 Å². The van der Waals surface area contributed by atoms with Gasteiger partial charge in [-0.25, -0.2) is 4.98 Å². The number of oxazole rings is 1. The first-order chi connectivity index (χ1) is 29.0. The highest BCUT2D eigenvalue weighted by Crippen LogP contribution is 2.37. The zero-order valence-corrected chi connectivity index (χ0v) is 34.5. The number of fused-ring (bicyclic) bond motifs is 1. The van der Waals surface area contributed by atoms with Crippen LogP contribution in [0.25, 0.3) is 28.7 Å². The fourth-order valence-electron chi connectivity index (χ4n) is 6.90. The zero-order chi connectivity index (χ0) is 41.6. The first-order valence-corrected chi connectivity index (χ1v) is 20.1. The zero-order valence-electron chi connectivity index (χ0n) is 34.5. The molecule has 1 aliphatic rings. The molecule has 296 valence electrons. The van der Waals surface area contributed by atoms with E-state index < -0.39 is 0 Å². The molecule has 0 N–H and O–H groups in total. The molecule has 0 fully saturated rings. The Kier molecular flexibility index (Phi) is 14.3. The molecule has 6 nitrogen and oxygen atoms in total. The third-order valence-electron chi connectivity index (χ3n) is 9.77. The lowest BCUT2D eigenvalue weighted by molar-refractivity contribution is 0.307. The third-order valence-corrected chi connectivity index (χ3v) is 9.77. The predicted molar refractivity (Wildman–Crippen MR) is 250 cm³/mol. The van der Waals surface area contributed by atoms with Gasteiger partial charge in [0.15, 0.2) is 5.76 Å². The van der Waals surface area contributed by atoms with Gasteiger partial charge in [0.05, 0.1) is 5.69 Å². The summed E-state index contributed by atoms with van der Waals surface area (Å²) in [5.41, 5.74) is 12.0. The molecular formula is C53H52N4O2. The summed E-state index contributed by atoms with van der Waals surface area (Å²) in [5, 5.41) is 0. The van der Waals surface area contributed by atoms with Crippen molar-refractivity contribution in [3.05, 3.63) is 205 Å². The number of allylic oxidation sites excluding steroid dienone is 7. The van der Waals surface area contributed by atoms with Gasteiger partial charge >= 0.3 is 0 Å². The molecule has 0 saturated carbocycles. The summed E-state index contributed by atoms with van der Waals surface area (Å²) in [6.07, 6.45) is 18.0. The Labute approximate surface area is 349 Å². The number of hydrogen-bond acceptors (Lipinski definition) is 6. The highest BCUT2D eigenvalue weighted by atomic mass is 16.5. The number of benzene rings is 5. The molecule has 0 radical (unpaired) electrons. The second kappa shape index (κ2) is 20.3. The highest BCUT2D eigenvalue weighted by Gasteiger charge is 2.18. The first-order valence-electron chi connectivity index (χ1n) is 20.1. The van der Waals surface area contributed by atoms with E-state index in [1.165, 1.54) is 0 Å². The molecular weight excluding hydrogens is 725 g/mol. The number of anilines is 4. The average molecular weight is 777 g/mol. The highest BCUT2D eigenvalue weighted by molar-refractivity contribution is 5.77. The normalized spacial score (nSPS) is 12.3. The molecule has 1 aromatic heterocycles. The molecule has 0 atom stereocenters. The van der Waals surface area contributed by atoms with Crippen molar-refractivity contribution in [1.82, 2.24) is 4.98 Å². The summed E-state index contributed by atoms with van der Waals surface area (Å²) < 4.78 is 12.1. The lowest BCUT2D eigenvalue weighted by Crippen LogP contribution is -2.15. The van der Waals surface area contributed by atoms with Gasteiger partial charge in [0.1, 0.15) is 18.0 Å². The van der Waals surface area contributed by atoms with Gasteiger partial charge in [-0.15, -0.1) is 0 Å². The molecule has 7 rings (SSSR count). The predicted octanol–water partition coefficient (Wildman–Crippen LogP) is 14.9. The molecule has 1 aliphatic carbocycles. The smallest absolute Gasteiger partial charge is 0.226 e. The number of aromatic nitrogens is 1. The largest absolute Gasteiger partial charge is 0.487 e. The van der Waals surface area contributed by atoms with E-state index in [1.807, 2.05) is 63.3 Å². The van der Waals surface area contributed by atoms with Crippen molar-refractivity contribution in [3.8, 4) is 28.3 Å². The Morgan fingerprint density at radius 1 is 0.746 bits per heavy atom. The van der Waals surface area contributed by atoms with Crippen LogP contribution in [0.3, 0.4) is 0 Å². The van der Waals surface area contributed by atoms with Crippen LogP contribution in [0, 0.1) is 0 Å². The first kappa shape index (κ1) is 41.5. The molecule has 6 aromatic rings. The monoisotopic (exact) mass is 776 g/mol. The summed E-state index contributed by atoms with van der Waals surface area (Å²) >= 11 is 0. The van der Waals surface area contributed by atoms with Crippen molar-refractivity contribution in [2.24, 2.45) is 4.99 Å². The fourth-order valence-corrected chi connectivity index (χ4v) is 6.90. The van der Waals surface area contributed by atoms with Gasteiger partial charge in [0.25, 0.3) is 0 Å². The maximum absolute atomic E-state index is 6.09. The summed E-state index contributed by atoms with van der Waals surface area (Å²) in [6, 6.07) is 41.7. The number of hydrogen-bond donors (Lipinski definition) is 0. The van der Waals surface area contributed by atoms with E-state index in [4.69, 9.17) is 14.1 Å². The lowest BCUT2D eigenvalue weighted by atomic mass is 10.0. The third kappa shape index (κ3) is 9.69. The minimum Gasteiger partial charge on any atom is -0.487 e. The van der Waals surface area contributed by atoms with Crippen LogP contribution >= 0.6 is 0 Å². The maximum Gasteiger partial charge on any atom is 0.226 e. The number of ether oxygens (including phenoxy) is 1. The minimum atomic E-state index is 0.412. The van der Waals surface area contributed by atoms with Gasteiger partial charge in [-0.1, -0.05) is 99.8 Å². The molecule has 59 heavy (non-hydrogen) atoms. The van der Waals surface area contributed by atoms with Gasteiger partial charge < -0.3 is 19.0 Å². The van der Waals surface area contributed by atoms with Crippen LogP contribution in [0.4, 0.5) is 28.4 Å². The standard InChI is InChI=1S/C51H46N4O2.C2H6/c1-6-14-41(8-3)54(43-28-20-37(21-29-43)36-56-49-18-12-10-16-47(49)52-5)44-30-22-38(23-31-44)39-24-32-45(33-25-39)55(42(9-4)15-7-2)46-34-26-40(27-35-46)51-53-48-17-11-13-19-50(48)57-51;1-2/h6-10,12-16,18-35H,1,3,5,11,17,36H2,2,4H3;1-2H3/b15-7-,41-14+,42-9+;. The number of nitrogens with zero attached hydrogens (tertiary/aromatic N) is 4. The van der Waals surface area contributed by atoms with Crippen LogP contribution in [-0.4, -0.2) is 11.7 Å². The van der Waals surface area contributed by atoms with E-state index >= 15 is 0 Å². The van der Waals surface area contributed by atoms with Gasteiger partial charge in [0.2, 0.25) is 5.89 Å². The van der Waals surface area contributed by atoms with Gasteiger partial charge in [-0.3, -0.25) is 4.99 Å². The quantitative estimate of drug-likeness (QED) is 0.0768. The van der Waals surface area contributed by atoms with Crippen LogP contribution in [0.5, 0.6) is 5.75 Å². The number of aliphatic imine (C=N–C) groups is 1. The maximum atomic E-state index is 6.09. The van der Waals surface area contributed by atoms with Crippen LogP contribution < -0.4 is 14.5 Å². The van der Waals surface area contributed by atoms with E-state index in [0.717, 1.165) is 86.4 Å². The van der Waals surface area contributed by atoms with Gasteiger partial charge in [0, 0.05) is 39.7 Å². The summed E-state index contributed by atoms with van der Waals surface area (Å²) in [5.74, 6) is 2.22. The Morgan fingerprint density at radius 3 is 1.83 bits per heavy atom. The molecule has 0 unspecified atom stereocenters. The number of para-hydroxylation sites is 2. The second-order valence-corrected chi connectivity index (χ2v) is 13.4. The van der Waals surface area contributed by atoms with Crippen molar-refractivity contribution in [2.45, 2.75) is 47.1 Å². The van der Waals surface area contributed by atoms with E-state index in [1.54, 1.807) is 6.08 Å². The van der Waals surface area contributed by atoms with Crippen LogP contribution in [0.15, 0.2) is 198 Å². The van der Waals surface area contributed by atoms with Crippen LogP contribution in [0.2, 0.25) is 0 Å². The molecule has 0 saturated heterocycles. The van der Waals surface area contributed by atoms with Gasteiger partial charge in [-0.2, -0.15) is 0 Å². The van der Waals surface area contributed by atoms with Crippen molar-refractivity contribution in [1.29, 1.82) is 0 Å². The molecule has 5 aromatic carbocycles. The Bertz CT molecular complexity index is 2470. The van der Waals surface area contributed by atoms with E-state index in [0.29, 0.717) is 18.2 Å². The van der Waals surface area contributed by atoms with Crippen molar-refractivity contribution in [2.75, 3.05) is 9.80 Å². The van der Waals surface area contributed by atoms with Crippen molar-refractivity contribution in [3.63, 3.8) is 0 Å². The Morgan fingerprint density at radius 2 is 1.31 bits per heavy atom. The molecule has 1 heterocycles. The molecule has 0 aliphatic heterocycles. The minimum absolute atomic E-state index is 0.412. The number of aryl methyl sites for hydroxylation is 1. The molecule has 0 bridgehead atoms. The Balaban J connectivity index is 0.00000288. The van der Waals surface area contributed by atoms with E-state index in [2.05, 4.69) is 163 Å². The topological polar surface area (TPSA) is 54.1 Å². The lowest BCUT2D eigenvalue weighted by Gasteiger charge is -2.27. The van der Waals surface area contributed by atoms with Crippen LogP contribution in [0.1, 0.15) is 51.1 Å². The Hall–Kier alpha value is -7.18. The fraction of sp³-hybridized carbons (Fsp3) is 0.132. The average Bonchev–Trinajstić information content (AvgIpc) is 3.74. The summed E-state index contributed by atoms with van der Waals surface area (Å²) in [7, 11) is 0. The molecule has 0 amide bonds. The van der Waals surface area contributed by atoms with Crippen molar-refractivity contribution < 1.29 is 9.15 Å². The van der Waals surface area contributed by atoms with E-state index in [-0.39, 0.29) is 0 Å². The molecule has 0 spiro atoms. The number of rotatable bonds is 15. The van der Waals surface area contributed by atoms with Gasteiger partial charge in [-0.05, 0) is 147 Å². The van der Waals surface area contributed by atoms with E-state index in [9.17, 15) is 0 Å².